The monoisotopic (exact) mass is 394 g/mol. The highest BCUT2D eigenvalue weighted by Gasteiger charge is 2.34. The molecule has 150 valence electrons. The number of fused-ring (bicyclic) bond motifs is 1. The Hall–Kier alpha value is -3.03. The molecule has 1 aliphatic carbocycles. The topological polar surface area (TPSA) is 66.6 Å². The van der Waals surface area contributed by atoms with Gasteiger partial charge in [0, 0.05) is 26.1 Å². The lowest BCUT2D eigenvalue weighted by atomic mass is 9.85. The minimum Gasteiger partial charge on any atom is -0.351 e. The normalized spacial score (nSPS) is 17.2. The predicted octanol–water partition coefficient (Wildman–Crippen LogP) is 2.42. The summed E-state index contributed by atoms with van der Waals surface area (Å²) in [6.07, 6.45) is 3.83. The van der Waals surface area contributed by atoms with Gasteiger partial charge in [-0.25, -0.2) is 4.39 Å². The van der Waals surface area contributed by atoms with Crippen LogP contribution in [-0.2, 0) is 11.2 Å². The minimum atomic E-state index is -0.290. The van der Waals surface area contributed by atoms with Crippen LogP contribution < -0.4 is 4.90 Å². The lowest BCUT2D eigenvalue weighted by molar-refractivity contribution is -0.131. The van der Waals surface area contributed by atoms with Crippen LogP contribution in [0.4, 0.5) is 10.2 Å². The van der Waals surface area contributed by atoms with Crippen LogP contribution in [0.1, 0.15) is 36.6 Å². The number of aromatic nitrogens is 4. The van der Waals surface area contributed by atoms with Gasteiger partial charge in [0.25, 0.3) is 0 Å². The predicted molar refractivity (Wildman–Crippen MR) is 106 cm³/mol. The second-order valence-electron chi connectivity index (χ2n) is 8.01. The van der Waals surface area contributed by atoms with E-state index in [1.54, 1.807) is 17.0 Å². The zero-order valence-corrected chi connectivity index (χ0v) is 16.3. The number of rotatable bonds is 5. The van der Waals surface area contributed by atoms with Crippen LogP contribution in [0.15, 0.2) is 36.4 Å². The Morgan fingerprint density at radius 3 is 2.59 bits per heavy atom. The number of nitrogens with zero attached hydrogens (tertiary/aromatic N) is 6. The quantitative estimate of drug-likeness (QED) is 0.665. The fraction of sp³-hybridized carbons (Fsp3) is 0.429. The molecule has 8 heteroatoms. The third kappa shape index (κ3) is 3.32. The lowest BCUT2D eigenvalue weighted by Gasteiger charge is -2.44. The van der Waals surface area contributed by atoms with E-state index in [1.165, 1.54) is 18.6 Å². The van der Waals surface area contributed by atoms with Crippen LogP contribution in [0.3, 0.4) is 0 Å². The Morgan fingerprint density at radius 1 is 1.14 bits per heavy atom. The zero-order chi connectivity index (χ0) is 20.0. The summed E-state index contributed by atoms with van der Waals surface area (Å²) in [5.41, 5.74) is 1.60. The van der Waals surface area contributed by atoms with Crippen LogP contribution >= 0.6 is 0 Å². The first-order chi connectivity index (χ1) is 14.1. The molecule has 1 aliphatic heterocycles. The van der Waals surface area contributed by atoms with Crippen molar-refractivity contribution in [1.82, 2.24) is 24.7 Å². The van der Waals surface area contributed by atoms with Gasteiger partial charge in [0.2, 0.25) is 5.91 Å². The molecule has 29 heavy (non-hydrogen) atoms. The molecule has 0 N–H and O–H groups in total. The Balaban J connectivity index is 1.23. The summed E-state index contributed by atoms with van der Waals surface area (Å²) in [5.74, 6) is 2.05. The van der Waals surface area contributed by atoms with Crippen LogP contribution in [0.5, 0.6) is 0 Å². The summed E-state index contributed by atoms with van der Waals surface area (Å²) in [6.45, 7) is 1.48. The molecule has 0 unspecified atom stereocenters. The number of amides is 1. The van der Waals surface area contributed by atoms with Gasteiger partial charge in [0.15, 0.2) is 11.5 Å². The van der Waals surface area contributed by atoms with Gasteiger partial charge in [0.1, 0.15) is 11.6 Å². The molecule has 0 atom stereocenters. The molecule has 1 aromatic carbocycles. The molecule has 0 spiro atoms. The molecule has 5 rings (SSSR count). The maximum atomic E-state index is 13.0. The number of likely N-dealkylation sites (N-methyl/N-ethyl adjacent to an activating group) is 1. The summed E-state index contributed by atoms with van der Waals surface area (Å²) < 4.78 is 14.9. The second kappa shape index (κ2) is 7.09. The van der Waals surface area contributed by atoms with E-state index in [2.05, 4.69) is 15.1 Å². The standard InChI is InChI=1S/C21H23FN6O/c1-26(20(29)11-14-5-7-16(22)8-6-14)17-12-27(13-17)19-10-9-18-23-24-21(28(18)25-19)15-3-2-4-15/h5-10,15,17H,2-4,11-13H2,1H3. The van der Waals surface area contributed by atoms with Gasteiger partial charge in [-0.05, 0) is 42.7 Å². The van der Waals surface area contributed by atoms with Gasteiger partial charge in [-0.1, -0.05) is 18.6 Å². The Labute approximate surface area is 168 Å². The molecule has 7 nitrogen and oxygen atoms in total. The van der Waals surface area contributed by atoms with Gasteiger partial charge in [0.05, 0.1) is 12.5 Å². The highest BCUT2D eigenvalue weighted by atomic mass is 19.1. The maximum absolute atomic E-state index is 13.0. The van der Waals surface area contributed by atoms with Crippen molar-refractivity contribution in [2.24, 2.45) is 0 Å². The molecule has 2 aliphatic rings. The van der Waals surface area contributed by atoms with Gasteiger partial charge in [-0.3, -0.25) is 4.79 Å². The number of benzene rings is 1. The summed E-state index contributed by atoms with van der Waals surface area (Å²) in [5, 5.41) is 13.3. The second-order valence-corrected chi connectivity index (χ2v) is 8.01. The van der Waals surface area contributed by atoms with E-state index in [1.807, 2.05) is 23.7 Å². The fourth-order valence-electron chi connectivity index (χ4n) is 3.88. The van der Waals surface area contributed by atoms with E-state index < -0.39 is 0 Å². The first-order valence-electron chi connectivity index (χ1n) is 10.1. The van der Waals surface area contributed by atoms with Gasteiger partial charge >= 0.3 is 0 Å². The number of carbonyl (C=O) groups is 1. The minimum absolute atomic E-state index is 0.0377. The molecular formula is C21H23FN6O. The van der Waals surface area contributed by atoms with Crippen molar-refractivity contribution in [2.45, 2.75) is 37.6 Å². The average molecular weight is 394 g/mol. The highest BCUT2D eigenvalue weighted by Crippen LogP contribution is 2.35. The van der Waals surface area contributed by atoms with Crippen molar-refractivity contribution >= 4 is 17.4 Å². The summed E-state index contributed by atoms with van der Waals surface area (Å²) in [7, 11) is 1.83. The van der Waals surface area contributed by atoms with Crippen LogP contribution in [-0.4, -0.2) is 56.8 Å². The third-order valence-corrected chi connectivity index (χ3v) is 6.14. The summed E-state index contributed by atoms with van der Waals surface area (Å²) >= 11 is 0. The molecule has 2 aromatic heterocycles. The Kier molecular flexibility index (Phi) is 4.41. The Morgan fingerprint density at radius 2 is 1.90 bits per heavy atom. The van der Waals surface area contributed by atoms with E-state index in [0.29, 0.717) is 5.92 Å². The molecule has 2 fully saturated rings. The summed E-state index contributed by atoms with van der Waals surface area (Å²) in [4.78, 5) is 16.5. The van der Waals surface area contributed by atoms with E-state index in [9.17, 15) is 9.18 Å². The summed E-state index contributed by atoms with van der Waals surface area (Å²) in [6, 6.07) is 10.2. The number of halogens is 1. The molecule has 3 heterocycles. The van der Waals surface area contributed by atoms with E-state index >= 15 is 0 Å². The maximum Gasteiger partial charge on any atom is 0.227 e. The number of hydrogen-bond acceptors (Lipinski definition) is 5. The van der Waals surface area contributed by atoms with Crippen molar-refractivity contribution < 1.29 is 9.18 Å². The first-order valence-corrected chi connectivity index (χ1v) is 10.1. The van der Waals surface area contributed by atoms with E-state index in [0.717, 1.165) is 48.8 Å². The van der Waals surface area contributed by atoms with E-state index in [-0.39, 0.29) is 24.2 Å². The number of hydrogen-bond donors (Lipinski definition) is 0. The van der Waals surface area contributed by atoms with Gasteiger partial charge in [-0.2, -0.15) is 4.52 Å². The SMILES string of the molecule is CN(C(=O)Cc1ccc(F)cc1)C1CN(c2ccc3nnc(C4CCC4)n3n2)C1. The molecule has 1 saturated carbocycles. The molecule has 1 saturated heterocycles. The van der Waals surface area contributed by atoms with Gasteiger partial charge < -0.3 is 9.80 Å². The first kappa shape index (κ1) is 18.0. The lowest BCUT2D eigenvalue weighted by Crippen LogP contribution is -2.60. The zero-order valence-electron chi connectivity index (χ0n) is 16.3. The molecule has 0 bridgehead atoms. The molecule has 3 aromatic rings. The van der Waals surface area contributed by atoms with Crippen molar-refractivity contribution in [3.63, 3.8) is 0 Å². The van der Waals surface area contributed by atoms with Crippen molar-refractivity contribution in [1.29, 1.82) is 0 Å². The molecule has 1 amide bonds. The van der Waals surface area contributed by atoms with Crippen molar-refractivity contribution in [3.8, 4) is 0 Å². The van der Waals surface area contributed by atoms with E-state index in [4.69, 9.17) is 5.10 Å². The Bertz CT molecular complexity index is 1040. The number of carbonyl (C=O) groups excluding carboxylic acids is 1. The van der Waals surface area contributed by atoms with Crippen LogP contribution in [0.25, 0.3) is 5.65 Å². The van der Waals surface area contributed by atoms with Crippen molar-refractivity contribution in [2.75, 3.05) is 25.0 Å². The fourth-order valence-corrected chi connectivity index (χ4v) is 3.88. The third-order valence-electron chi connectivity index (χ3n) is 6.14. The average Bonchev–Trinajstić information content (AvgIpc) is 3.04. The van der Waals surface area contributed by atoms with Crippen LogP contribution in [0.2, 0.25) is 0 Å². The van der Waals surface area contributed by atoms with Gasteiger partial charge in [-0.15, -0.1) is 15.3 Å². The van der Waals surface area contributed by atoms with Crippen LogP contribution in [0, 0.1) is 5.82 Å². The largest absolute Gasteiger partial charge is 0.351 e. The molecular weight excluding hydrogens is 371 g/mol. The highest BCUT2D eigenvalue weighted by molar-refractivity contribution is 5.79. The molecule has 0 radical (unpaired) electrons. The van der Waals surface area contributed by atoms with Crippen molar-refractivity contribution in [3.05, 3.63) is 53.6 Å². The smallest absolute Gasteiger partial charge is 0.227 e. The number of anilines is 1.